The molecular weight excluding hydrogens is 354 g/mol. The molecule has 3 aromatic rings. The van der Waals surface area contributed by atoms with Gasteiger partial charge >= 0.3 is 0 Å². The van der Waals surface area contributed by atoms with E-state index in [0.29, 0.717) is 16.4 Å². The Balaban J connectivity index is 1.74. The highest BCUT2D eigenvalue weighted by Gasteiger charge is 2.11. The Morgan fingerprint density at radius 1 is 1.12 bits per heavy atom. The molecule has 0 saturated carbocycles. The molecule has 1 aromatic carbocycles. The maximum atomic E-state index is 12.1. The summed E-state index contributed by atoms with van der Waals surface area (Å²) < 4.78 is 0. The average molecular weight is 370 g/mol. The van der Waals surface area contributed by atoms with E-state index in [1.807, 2.05) is 19.1 Å². The number of rotatable bonds is 5. The summed E-state index contributed by atoms with van der Waals surface area (Å²) in [6.07, 6.45) is 4.40. The van der Waals surface area contributed by atoms with Gasteiger partial charge in [0.2, 0.25) is 0 Å². The van der Waals surface area contributed by atoms with Crippen LogP contribution >= 0.6 is 11.6 Å². The summed E-state index contributed by atoms with van der Waals surface area (Å²) in [6.45, 7) is 1.92. The molecule has 132 valence electrons. The molecule has 0 aliphatic rings. The second-order valence-electron chi connectivity index (χ2n) is 5.38. The molecule has 0 atom stereocenters. The van der Waals surface area contributed by atoms with Gasteiger partial charge in [-0.05, 0) is 42.8 Å². The number of aryl methyl sites for hydroxylation is 1. The smallest absolute Gasteiger partial charge is 0.269 e. The molecule has 0 aliphatic heterocycles. The van der Waals surface area contributed by atoms with Crippen molar-refractivity contribution in [1.82, 2.24) is 20.4 Å². The lowest BCUT2D eigenvalue weighted by molar-refractivity contribution is 0.0962. The number of amides is 1. The first-order valence-corrected chi connectivity index (χ1v) is 8.02. The van der Waals surface area contributed by atoms with Crippen molar-refractivity contribution in [3.05, 3.63) is 65.2 Å². The van der Waals surface area contributed by atoms with E-state index in [1.54, 1.807) is 18.2 Å². The minimum Gasteiger partial charge on any atom is -0.393 e. The molecule has 0 spiro atoms. The third kappa shape index (κ3) is 3.98. The SMILES string of the molecule is Cc1cc(Cl)ccc1Nc1ncnc(NNC(=O)c2ccncc2)c1N. The number of halogens is 1. The van der Waals surface area contributed by atoms with Gasteiger partial charge in [0.05, 0.1) is 0 Å². The topological polar surface area (TPSA) is 118 Å². The zero-order valence-electron chi connectivity index (χ0n) is 13.8. The summed E-state index contributed by atoms with van der Waals surface area (Å²) in [7, 11) is 0. The number of anilines is 4. The van der Waals surface area contributed by atoms with E-state index >= 15 is 0 Å². The van der Waals surface area contributed by atoms with Gasteiger partial charge in [0.25, 0.3) is 5.91 Å². The number of nitrogens with one attached hydrogen (secondary N) is 3. The van der Waals surface area contributed by atoms with Crippen LogP contribution in [0.4, 0.5) is 23.0 Å². The number of pyridine rings is 1. The number of hydrogen-bond donors (Lipinski definition) is 4. The summed E-state index contributed by atoms with van der Waals surface area (Å²) in [6, 6.07) is 8.61. The third-order valence-corrected chi connectivity index (χ3v) is 3.80. The number of carbonyl (C=O) groups excluding carboxylic acids is 1. The van der Waals surface area contributed by atoms with Gasteiger partial charge in [0.1, 0.15) is 12.0 Å². The molecule has 9 heteroatoms. The highest BCUT2D eigenvalue weighted by atomic mass is 35.5. The molecule has 0 bridgehead atoms. The quantitative estimate of drug-likeness (QED) is 0.510. The van der Waals surface area contributed by atoms with E-state index in [-0.39, 0.29) is 17.4 Å². The Morgan fingerprint density at radius 2 is 1.85 bits per heavy atom. The van der Waals surface area contributed by atoms with Crippen LogP contribution in [0, 0.1) is 6.92 Å². The largest absolute Gasteiger partial charge is 0.393 e. The van der Waals surface area contributed by atoms with E-state index in [2.05, 4.69) is 31.1 Å². The van der Waals surface area contributed by atoms with Crippen molar-refractivity contribution in [2.45, 2.75) is 6.92 Å². The van der Waals surface area contributed by atoms with Gasteiger partial charge < -0.3 is 11.1 Å². The standard InChI is InChI=1S/C17H16ClN7O/c1-10-8-12(18)2-3-13(10)23-15-14(19)16(22-9-21-15)24-25-17(26)11-4-6-20-7-5-11/h2-9H,19H2,1H3,(H,25,26)(H2,21,22,23,24). The lowest BCUT2D eigenvalue weighted by Gasteiger charge is -2.14. The first-order chi connectivity index (χ1) is 12.5. The van der Waals surface area contributed by atoms with Crippen LogP contribution in [0.5, 0.6) is 0 Å². The Morgan fingerprint density at radius 3 is 2.58 bits per heavy atom. The molecule has 8 nitrogen and oxygen atoms in total. The lowest BCUT2D eigenvalue weighted by Crippen LogP contribution is -2.30. The maximum Gasteiger partial charge on any atom is 0.269 e. The van der Waals surface area contributed by atoms with Crippen molar-refractivity contribution < 1.29 is 4.79 Å². The van der Waals surface area contributed by atoms with E-state index < -0.39 is 0 Å². The zero-order valence-corrected chi connectivity index (χ0v) is 14.6. The highest BCUT2D eigenvalue weighted by Crippen LogP contribution is 2.28. The Hall–Kier alpha value is -3.39. The number of aromatic nitrogens is 3. The molecule has 0 unspecified atom stereocenters. The van der Waals surface area contributed by atoms with Gasteiger partial charge in [-0.1, -0.05) is 11.6 Å². The number of carbonyl (C=O) groups is 1. The van der Waals surface area contributed by atoms with Crippen LogP contribution in [0.1, 0.15) is 15.9 Å². The molecule has 2 aromatic heterocycles. The molecule has 0 radical (unpaired) electrons. The monoisotopic (exact) mass is 369 g/mol. The molecule has 5 N–H and O–H groups in total. The number of hydrazine groups is 1. The fraction of sp³-hybridized carbons (Fsp3) is 0.0588. The van der Waals surface area contributed by atoms with Gasteiger partial charge in [-0.2, -0.15) is 0 Å². The first kappa shape index (κ1) is 17.4. The van der Waals surface area contributed by atoms with Crippen LogP contribution in [-0.2, 0) is 0 Å². The van der Waals surface area contributed by atoms with Gasteiger partial charge in [-0.3, -0.25) is 20.6 Å². The van der Waals surface area contributed by atoms with Gasteiger partial charge in [-0.25, -0.2) is 9.97 Å². The van der Waals surface area contributed by atoms with Crippen molar-refractivity contribution in [1.29, 1.82) is 0 Å². The summed E-state index contributed by atoms with van der Waals surface area (Å²) in [5.41, 5.74) is 13.8. The number of nitrogens with zero attached hydrogens (tertiary/aromatic N) is 3. The van der Waals surface area contributed by atoms with Crippen molar-refractivity contribution >= 4 is 40.5 Å². The number of hydrogen-bond acceptors (Lipinski definition) is 7. The summed E-state index contributed by atoms with van der Waals surface area (Å²) in [4.78, 5) is 24.1. The normalized spacial score (nSPS) is 10.2. The number of nitrogens with two attached hydrogens (primary N) is 1. The molecule has 1 amide bonds. The second kappa shape index (κ2) is 7.66. The molecule has 0 aliphatic carbocycles. The van der Waals surface area contributed by atoms with Crippen molar-refractivity contribution in [3.63, 3.8) is 0 Å². The van der Waals surface area contributed by atoms with E-state index in [4.69, 9.17) is 17.3 Å². The highest BCUT2D eigenvalue weighted by molar-refractivity contribution is 6.30. The van der Waals surface area contributed by atoms with Gasteiger partial charge in [0, 0.05) is 28.7 Å². The van der Waals surface area contributed by atoms with Crippen LogP contribution in [0.25, 0.3) is 0 Å². The minimum atomic E-state index is -0.339. The Bertz CT molecular complexity index is 934. The van der Waals surface area contributed by atoms with Crippen LogP contribution in [0.2, 0.25) is 5.02 Å². The summed E-state index contributed by atoms with van der Waals surface area (Å²) in [5.74, 6) is 0.344. The minimum absolute atomic E-state index is 0.261. The zero-order chi connectivity index (χ0) is 18.5. The number of nitrogen functional groups attached to an aromatic ring is 1. The predicted molar refractivity (Wildman–Crippen MR) is 101 cm³/mol. The molecular formula is C17H16ClN7O. The fourth-order valence-electron chi connectivity index (χ4n) is 2.18. The third-order valence-electron chi connectivity index (χ3n) is 3.56. The van der Waals surface area contributed by atoms with Crippen molar-refractivity contribution in [2.75, 3.05) is 16.5 Å². The van der Waals surface area contributed by atoms with E-state index in [1.165, 1.54) is 18.7 Å². The van der Waals surface area contributed by atoms with Gasteiger partial charge in [0.15, 0.2) is 11.6 Å². The van der Waals surface area contributed by atoms with E-state index in [0.717, 1.165) is 11.3 Å². The molecule has 0 fully saturated rings. The van der Waals surface area contributed by atoms with Crippen molar-refractivity contribution in [2.24, 2.45) is 0 Å². The fourth-order valence-corrected chi connectivity index (χ4v) is 2.41. The molecule has 3 rings (SSSR count). The Labute approximate surface area is 154 Å². The number of benzene rings is 1. The van der Waals surface area contributed by atoms with E-state index in [9.17, 15) is 4.79 Å². The molecule has 26 heavy (non-hydrogen) atoms. The maximum absolute atomic E-state index is 12.1. The average Bonchev–Trinajstić information content (AvgIpc) is 2.65. The summed E-state index contributed by atoms with van der Waals surface area (Å²) >= 11 is 5.97. The molecule has 2 heterocycles. The Kier molecular flexibility index (Phi) is 5.14. The molecule has 0 saturated heterocycles. The lowest BCUT2D eigenvalue weighted by atomic mass is 10.2. The first-order valence-electron chi connectivity index (χ1n) is 7.64. The van der Waals surface area contributed by atoms with Crippen LogP contribution < -0.4 is 21.9 Å². The predicted octanol–water partition coefficient (Wildman–Crippen LogP) is 2.92. The van der Waals surface area contributed by atoms with Crippen LogP contribution in [0.15, 0.2) is 49.1 Å². The van der Waals surface area contributed by atoms with Crippen LogP contribution in [0.3, 0.4) is 0 Å². The van der Waals surface area contributed by atoms with Crippen LogP contribution in [-0.4, -0.2) is 20.9 Å². The second-order valence-corrected chi connectivity index (χ2v) is 5.82. The van der Waals surface area contributed by atoms with Gasteiger partial charge in [-0.15, -0.1) is 0 Å². The van der Waals surface area contributed by atoms with Crippen molar-refractivity contribution in [3.8, 4) is 0 Å². The summed E-state index contributed by atoms with van der Waals surface area (Å²) in [5, 5.41) is 3.78.